The molecule has 0 bridgehead atoms. The van der Waals surface area contributed by atoms with Crippen molar-refractivity contribution in [1.82, 2.24) is 15.5 Å². The lowest BCUT2D eigenvalue weighted by Crippen LogP contribution is -2.45. The van der Waals surface area contributed by atoms with Crippen LogP contribution in [-0.4, -0.2) is 47.3 Å². The van der Waals surface area contributed by atoms with Crippen molar-refractivity contribution < 1.29 is 14.3 Å². The van der Waals surface area contributed by atoms with Crippen LogP contribution in [0.4, 0.5) is 11.5 Å². The number of anilines is 2. The summed E-state index contributed by atoms with van der Waals surface area (Å²) >= 11 is 0. The van der Waals surface area contributed by atoms with Crippen LogP contribution in [0.1, 0.15) is 53.1 Å². The van der Waals surface area contributed by atoms with E-state index in [-0.39, 0.29) is 30.1 Å². The molecule has 0 aliphatic carbocycles. The quantitative estimate of drug-likeness (QED) is 0.351. The van der Waals surface area contributed by atoms with E-state index in [9.17, 15) is 9.59 Å². The van der Waals surface area contributed by atoms with E-state index in [1.165, 1.54) is 0 Å². The van der Waals surface area contributed by atoms with E-state index in [2.05, 4.69) is 39.6 Å². The average molecular weight is 498 g/mol. The normalized spacial score (nSPS) is 18.4. The third-order valence-electron chi connectivity index (χ3n) is 6.62. The molecule has 3 unspecified atom stereocenters. The number of ether oxygens (including phenoxy) is 1. The number of aromatic nitrogens is 2. The number of nitrogens with one attached hydrogen (secondary N) is 3. The smallest absolute Gasteiger partial charge is 0.256 e. The predicted octanol–water partition coefficient (Wildman–Crippen LogP) is 4.92. The van der Waals surface area contributed by atoms with Gasteiger partial charge in [0.1, 0.15) is 0 Å². The van der Waals surface area contributed by atoms with Crippen LogP contribution in [0.25, 0.3) is 10.9 Å². The largest absolute Gasteiger partial charge is 0.372 e. The van der Waals surface area contributed by atoms with Crippen LogP contribution in [0.5, 0.6) is 0 Å². The van der Waals surface area contributed by atoms with Gasteiger partial charge in [0.2, 0.25) is 0 Å². The number of carbonyl (C=O) groups excluding carboxylic acids is 2. The zero-order valence-corrected chi connectivity index (χ0v) is 21.2. The van der Waals surface area contributed by atoms with Gasteiger partial charge in [0.25, 0.3) is 11.8 Å². The van der Waals surface area contributed by atoms with Gasteiger partial charge in [-0.3, -0.25) is 14.7 Å². The van der Waals surface area contributed by atoms with Crippen LogP contribution in [-0.2, 0) is 4.74 Å². The molecule has 0 spiro atoms. The van der Waals surface area contributed by atoms with Gasteiger partial charge >= 0.3 is 0 Å². The first kappa shape index (κ1) is 24.5. The molecule has 4 aromatic rings. The van der Waals surface area contributed by atoms with Gasteiger partial charge in [-0.1, -0.05) is 30.3 Å². The lowest BCUT2D eigenvalue weighted by Gasteiger charge is -2.36. The molecule has 8 nitrogen and oxygen atoms in total. The number of aromatic amines is 1. The molecular weight excluding hydrogens is 466 g/mol. The summed E-state index contributed by atoms with van der Waals surface area (Å²) in [6.07, 6.45) is 0.321. The van der Waals surface area contributed by atoms with Gasteiger partial charge in [0.15, 0.2) is 5.82 Å². The fraction of sp³-hybridized carbons (Fsp3) is 0.276. The maximum Gasteiger partial charge on any atom is 0.256 e. The van der Waals surface area contributed by atoms with Crippen LogP contribution >= 0.6 is 0 Å². The molecule has 0 radical (unpaired) electrons. The number of H-pyrrole nitrogens is 1. The van der Waals surface area contributed by atoms with E-state index in [4.69, 9.17) is 4.74 Å². The standard InChI is InChI=1S/C29H31N5O3/c1-18-16-34(17-19(2)37-18)24-12-9-22(10-13-24)28(35)31-27-25-15-23(11-14-26(25)32-33-27)29(36)30-20(3)21-7-5-4-6-8-21/h4-15,18-20H,16-17H2,1-3H3,(H,30,36)(H2,31,32,33,35). The Morgan fingerprint density at radius 3 is 2.32 bits per heavy atom. The van der Waals surface area contributed by atoms with E-state index in [1.807, 2.05) is 61.5 Å². The van der Waals surface area contributed by atoms with Crippen LogP contribution in [0.3, 0.4) is 0 Å². The van der Waals surface area contributed by atoms with Crippen molar-refractivity contribution in [2.75, 3.05) is 23.3 Å². The molecule has 1 fully saturated rings. The average Bonchev–Trinajstić information content (AvgIpc) is 3.30. The first-order valence-corrected chi connectivity index (χ1v) is 12.5. The molecule has 0 saturated carbocycles. The molecule has 37 heavy (non-hydrogen) atoms. The number of nitrogens with zero attached hydrogens (tertiary/aromatic N) is 2. The highest BCUT2D eigenvalue weighted by atomic mass is 16.5. The summed E-state index contributed by atoms with van der Waals surface area (Å²) in [4.78, 5) is 28.2. The monoisotopic (exact) mass is 497 g/mol. The number of carbonyl (C=O) groups is 2. The summed E-state index contributed by atoms with van der Waals surface area (Å²) < 4.78 is 5.82. The summed E-state index contributed by atoms with van der Waals surface area (Å²) in [6, 6.07) is 22.5. The Morgan fingerprint density at radius 1 is 0.946 bits per heavy atom. The van der Waals surface area contributed by atoms with E-state index in [0.29, 0.717) is 22.3 Å². The van der Waals surface area contributed by atoms with Gasteiger partial charge in [0.05, 0.1) is 23.8 Å². The van der Waals surface area contributed by atoms with Crippen LogP contribution < -0.4 is 15.5 Å². The van der Waals surface area contributed by atoms with Gasteiger partial charge in [-0.25, -0.2) is 0 Å². The molecule has 190 valence electrons. The van der Waals surface area contributed by atoms with Gasteiger partial charge in [-0.2, -0.15) is 5.10 Å². The number of hydrogen-bond acceptors (Lipinski definition) is 5. The van der Waals surface area contributed by atoms with Crippen molar-refractivity contribution in [3.63, 3.8) is 0 Å². The SMILES string of the molecule is CC1CN(c2ccc(C(=O)Nc3n[nH]c4ccc(C(=O)NC(C)c5ccccc5)cc34)cc2)CC(C)O1. The minimum Gasteiger partial charge on any atom is -0.372 e. The molecule has 2 heterocycles. The Balaban J connectivity index is 1.28. The molecule has 1 aromatic heterocycles. The number of rotatable bonds is 6. The highest BCUT2D eigenvalue weighted by Gasteiger charge is 2.22. The van der Waals surface area contributed by atoms with Crippen molar-refractivity contribution in [1.29, 1.82) is 0 Å². The fourth-order valence-corrected chi connectivity index (χ4v) is 4.75. The highest BCUT2D eigenvalue weighted by Crippen LogP contribution is 2.24. The van der Waals surface area contributed by atoms with E-state index < -0.39 is 0 Å². The Bertz CT molecular complexity index is 1390. The lowest BCUT2D eigenvalue weighted by atomic mass is 10.1. The lowest BCUT2D eigenvalue weighted by molar-refractivity contribution is -0.00522. The zero-order valence-electron chi connectivity index (χ0n) is 21.2. The van der Waals surface area contributed by atoms with Crippen molar-refractivity contribution in [2.24, 2.45) is 0 Å². The van der Waals surface area contributed by atoms with E-state index in [0.717, 1.165) is 29.9 Å². The number of benzene rings is 3. The number of morpholine rings is 1. The van der Waals surface area contributed by atoms with Gasteiger partial charge in [0, 0.05) is 35.3 Å². The Hall–Kier alpha value is -4.17. The molecule has 8 heteroatoms. The van der Waals surface area contributed by atoms with Gasteiger partial charge < -0.3 is 20.3 Å². The fourth-order valence-electron chi connectivity index (χ4n) is 4.75. The number of hydrogen-bond donors (Lipinski definition) is 3. The van der Waals surface area contributed by atoms with Crippen molar-refractivity contribution in [3.05, 3.63) is 89.5 Å². The third-order valence-corrected chi connectivity index (χ3v) is 6.62. The van der Waals surface area contributed by atoms with Crippen LogP contribution in [0, 0.1) is 0 Å². The minimum atomic E-state index is -0.267. The Kier molecular flexibility index (Phi) is 6.92. The summed E-state index contributed by atoms with van der Waals surface area (Å²) in [6.45, 7) is 7.71. The van der Waals surface area contributed by atoms with Crippen molar-refractivity contribution in [3.8, 4) is 0 Å². The Morgan fingerprint density at radius 2 is 1.62 bits per heavy atom. The molecule has 3 aromatic carbocycles. The first-order valence-electron chi connectivity index (χ1n) is 12.5. The first-order chi connectivity index (χ1) is 17.9. The van der Waals surface area contributed by atoms with Gasteiger partial charge in [-0.05, 0) is 68.8 Å². The number of amides is 2. The maximum absolute atomic E-state index is 13.0. The van der Waals surface area contributed by atoms with Gasteiger partial charge in [-0.15, -0.1) is 0 Å². The summed E-state index contributed by atoms with van der Waals surface area (Å²) in [5.74, 6) is -0.0825. The minimum absolute atomic E-state index is 0.139. The maximum atomic E-state index is 13.0. The molecule has 1 aliphatic heterocycles. The molecule has 5 rings (SSSR count). The molecule has 3 atom stereocenters. The Labute approximate surface area is 216 Å². The van der Waals surface area contributed by atoms with Crippen LogP contribution in [0.15, 0.2) is 72.8 Å². The number of fused-ring (bicyclic) bond motifs is 1. The molecule has 1 saturated heterocycles. The highest BCUT2D eigenvalue weighted by molar-refractivity contribution is 6.09. The summed E-state index contributed by atoms with van der Waals surface area (Å²) in [5, 5.41) is 13.8. The van der Waals surface area contributed by atoms with Crippen molar-refractivity contribution in [2.45, 2.75) is 39.0 Å². The predicted molar refractivity (Wildman–Crippen MR) is 145 cm³/mol. The molecule has 1 aliphatic rings. The summed E-state index contributed by atoms with van der Waals surface area (Å²) in [5.41, 5.74) is 3.83. The zero-order chi connectivity index (χ0) is 25.9. The molecule has 2 amide bonds. The second kappa shape index (κ2) is 10.4. The van der Waals surface area contributed by atoms with E-state index in [1.54, 1.807) is 18.2 Å². The third kappa shape index (κ3) is 5.49. The van der Waals surface area contributed by atoms with Crippen LogP contribution in [0.2, 0.25) is 0 Å². The molecular formula is C29H31N5O3. The van der Waals surface area contributed by atoms with E-state index >= 15 is 0 Å². The summed E-state index contributed by atoms with van der Waals surface area (Å²) in [7, 11) is 0. The second-order valence-electron chi connectivity index (χ2n) is 9.60. The molecule has 3 N–H and O–H groups in total. The van der Waals surface area contributed by atoms with Crippen molar-refractivity contribution >= 4 is 34.2 Å². The second-order valence-corrected chi connectivity index (χ2v) is 9.60. The topological polar surface area (TPSA) is 99.4 Å².